The highest BCUT2D eigenvalue weighted by molar-refractivity contribution is 5.90. The first-order chi connectivity index (χ1) is 14.7. The normalized spacial score (nSPS) is 11.3. The number of aromatic nitrogens is 1. The molecule has 0 saturated heterocycles. The molecule has 11 heteroatoms. The number of nitro groups is 1. The van der Waals surface area contributed by atoms with Crippen LogP contribution in [-0.4, -0.2) is 22.1 Å². The predicted molar refractivity (Wildman–Crippen MR) is 105 cm³/mol. The van der Waals surface area contributed by atoms with Crippen molar-refractivity contribution in [2.24, 2.45) is 5.10 Å². The number of halogens is 3. The van der Waals surface area contributed by atoms with E-state index < -0.39 is 28.3 Å². The van der Waals surface area contributed by atoms with Gasteiger partial charge in [-0.1, -0.05) is 0 Å². The number of ether oxygens (including phenoxy) is 1. The fourth-order valence-electron chi connectivity index (χ4n) is 2.40. The van der Waals surface area contributed by atoms with Gasteiger partial charge in [-0.2, -0.15) is 18.3 Å². The van der Waals surface area contributed by atoms with Gasteiger partial charge in [-0.15, -0.1) is 0 Å². The topological polar surface area (TPSA) is 107 Å². The summed E-state index contributed by atoms with van der Waals surface area (Å²) in [5, 5.41) is 14.9. The summed E-state index contributed by atoms with van der Waals surface area (Å²) >= 11 is 0. The average molecular weight is 430 g/mol. The lowest BCUT2D eigenvalue weighted by atomic mass is 10.1. The van der Waals surface area contributed by atoms with E-state index in [0.717, 1.165) is 12.1 Å². The summed E-state index contributed by atoms with van der Waals surface area (Å²) in [4.78, 5) is 25.9. The number of hydrogen-bond donors (Lipinski definition) is 1. The van der Waals surface area contributed by atoms with E-state index >= 15 is 0 Å². The summed E-state index contributed by atoms with van der Waals surface area (Å²) in [6, 6.07) is 11.4. The zero-order valence-corrected chi connectivity index (χ0v) is 15.5. The fourth-order valence-corrected chi connectivity index (χ4v) is 2.40. The highest BCUT2D eigenvalue weighted by atomic mass is 19.4. The molecule has 0 atom stereocenters. The number of benzene rings is 2. The van der Waals surface area contributed by atoms with Gasteiger partial charge in [-0.25, -0.2) is 4.79 Å². The van der Waals surface area contributed by atoms with Crippen molar-refractivity contribution >= 4 is 23.6 Å². The molecule has 0 radical (unpaired) electrons. The van der Waals surface area contributed by atoms with Crippen molar-refractivity contribution in [1.29, 1.82) is 0 Å². The molecule has 8 nitrogen and oxygen atoms in total. The number of pyridine rings is 1. The predicted octanol–water partition coefficient (Wildman–Crippen LogP) is 4.67. The minimum absolute atomic E-state index is 0.198. The van der Waals surface area contributed by atoms with Crippen LogP contribution in [0.5, 0.6) is 5.75 Å². The summed E-state index contributed by atoms with van der Waals surface area (Å²) in [5.74, 6) is -0.303. The van der Waals surface area contributed by atoms with Crippen molar-refractivity contribution in [2.45, 2.75) is 6.18 Å². The van der Waals surface area contributed by atoms with Crippen molar-refractivity contribution in [3.8, 4) is 5.75 Å². The van der Waals surface area contributed by atoms with Gasteiger partial charge in [-0.05, 0) is 54.1 Å². The van der Waals surface area contributed by atoms with Crippen LogP contribution >= 0.6 is 0 Å². The number of carbonyl (C=O) groups excluding carboxylic acids is 1. The van der Waals surface area contributed by atoms with Crippen molar-refractivity contribution in [3.63, 3.8) is 0 Å². The third kappa shape index (κ3) is 5.63. The van der Waals surface area contributed by atoms with Gasteiger partial charge < -0.3 is 4.74 Å². The maximum Gasteiger partial charge on any atom is 0.416 e. The molecule has 0 amide bonds. The highest BCUT2D eigenvalue weighted by Crippen LogP contribution is 2.34. The lowest BCUT2D eigenvalue weighted by Crippen LogP contribution is -2.08. The van der Waals surface area contributed by atoms with Crippen molar-refractivity contribution in [3.05, 3.63) is 93.8 Å². The van der Waals surface area contributed by atoms with Crippen LogP contribution in [0.25, 0.3) is 0 Å². The lowest BCUT2D eigenvalue weighted by molar-refractivity contribution is -0.384. The summed E-state index contributed by atoms with van der Waals surface area (Å²) in [6.45, 7) is 0. The minimum Gasteiger partial charge on any atom is -0.423 e. The van der Waals surface area contributed by atoms with Crippen molar-refractivity contribution < 1.29 is 27.6 Å². The molecule has 0 unspecified atom stereocenters. The molecule has 1 N–H and O–H groups in total. The van der Waals surface area contributed by atoms with Crippen LogP contribution in [-0.2, 0) is 6.18 Å². The number of rotatable bonds is 6. The molecule has 158 valence electrons. The molecule has 0 aliphatic heterocycles. The number of nitrogens with one attached hydrogen (secondary N) is 1. The second-order valence-electron chi connectivity index (χ2n) is 6.06. The van der Waals surface area contributed by atoms with E-state index in [1.807, 2.05) is 0 Å². The van der Waals surface area contributed by atoms with Gasteiger partial charge in [0.15, 0.2) is 0 Å². The number of esters is 1. The second kappa shape index (κ2) is 9.03. The van der Waals surface area contributed by atoms with E-state index in [1.54, 1.807) is 24.3 Å². The van der Waals surface area contributed by atoms with Gasteiger partial charge >= 0.3 is 12.1 Å². The summed E-state index contributed by atoms with van der Waals surface area (Å²) < 4.78 is 43.4. The van der Waals surface area contributed by atoms with Crippen LogP contribution < -0.4 is 10.2 Å². The Hall–Kier alpha value is -4.28. The van der Waals surface area contributed by atoms with Gasteiger partial charge in [0.2, 0.25) is 0 Å². The Kier molecular flexibility index (Phi) is 6.24. The third-order valence-corrected chi connectivity index (χ3v) is 3.91. The summed E-state index contributed by atoms with van der Waals surface area (Å²) in [6.07, 6.45) is -0.503. The highest BCUT2D eigenvalue weighted by Gasteiger charge is 2.33. The Labute approximate surface area is 173 Å². The molecule has 0 fully saturated rings. The molecule has 0 aliphatic carbocycles. The molecule has 1 aromatic heterocycles. The molecule has 3 rings (SSSR count). The minimum atomic E-state index is -4.70. The van der Waals surface area contributed by atoms with E-state index in [9.17, 15) is 28.1 Å². The second-order valence-corrected chi connectivity index (χ2v) is 6.06. The average Bonchev–Trinajstić information content (AvgIpc) is 2.75. The molecule has 0 bridgehead atoms. The Morgan fingerprint density at radius 2 is 1.90 bits per heavy atom. The Bertz CT molecular complexity index is 1120. The number of anilines is 1. The standard InChI is InChI=1S/C20H13F3N4O4/c21-20(22,23)15-5-8-17(18(10-15)27(29)30)26-25-11-13-3-6-16(7-4-13)31-19(28)14-2-1-9-24-12-14/h1-12,26H/b25-11+. The van der Waals surface area contributed by atoms with E-state index in [2.05, 4.69) is 15.5 Å². The lowest BCUT2D eigenvalue weighted by Gasteiger charge is -2.08. The van der Waals surface area contributed by atoms with E-state index in [1.165, 1.54) is 30.7 Å². The number of hydrazone groups is 1. The SMILES string of the molecule is O=C(Oc1ccc(/C=N/Nc2ccc(C(F)(F)F)cc2[N+](=O)[O-])cc1)c1cccnc1. The van der Waals surface area contributed by atoms with E-state index in [4.69, 9.17) is 4.74 Å². The Morgan fingerprint density at radius 1 is 1.16 bits per heavy atom. The van der Waals surface area contributed by atoms with Gasteiger partial charge in [-0.3, -0.25) is 20.5 Å². The van der Waals surface area contributed by atoms with Crippen molar-refractivity contribution in [1.82, 2.24) is 4.98 Å². The number of hydrogen-bond acceptors (Lipinski definition) is 7. The van der Waals surface area contributed by atoms with Crippen LogP contribution in [0.4, 0.5) is 24.5 Å². The Morgan fingerprint density at radius 3 is 2.52 bits per heavy atom. The van der Waals surface area contributed by atoms with E-state index in [0.29, 0.717) is 11.6 Å². The van der Waals surface area contributed by atoms with Gasteiger partial charge in [0.05, 0.1) is 22.3 Å². The molecular weight excluding hydrogens is 417 g/mol. The molecule has 2 aromatic carbocycles. The summed E-state index contributed by atoms with van der Waals surface area (Å²) in [5.41, 5.74) is 1.10. The van der Waals surface area contributed by atoms with Crippen LogP contribution in [0, 0.1) is 10.1 Å². The van der Waals surface area contributed by atoms with Gasteiger partial charge in [0.25, 0.3) is 5.69 Å². The monoisotopic (exact) mass is 430 g/mol. The molecular formula is C20H13F3N4O4. The quantitative estimate of drug-likeness (QED) is 0.200. The molecule has 0 spiro atoms. The first kappa shape index (κ1) is 21.4. The molecule has 3 aromatic rings. The molecule has 1 heterocycles. The van der Waals surface area contributed by atoms with E-state index in [-0.39, 0.29) is 17.0 Å². The largest absolute Gasteiger partial charge is 0.423 e. The molecule has 0 saturated carbocycles. The van der Waals surface area contributed by atoms with Crippen LogP contribution in [0.15, 0.2) is 72.1 Å². The van der Waals surface area contributed by atoms with Gasteiger partial charge in [0.1, 0.15) is 11.4 Å². The van der Waals surface area contributed by atoms with Crippen LogP contribution in [0.1, 0.15) is 21.5 Å². The number of alkyl halides is 3. The smallest absolute Gasteiger partial charge is 0.416 e. The molecule has 0 aliphatic rings. The van der Waals surface area contributed by atoms with Crippen LogP contribution in [0.3, 0.4) is 0 Å². The third-order valence-electron chi connectivity index (χ3n) is 3.91. The number of carbonyl (C=O) groups is 1. The van der Waals surface area contributed by atoms with Crippen LogP contribution in [0.2, 0.25) is 0 Å². The fraction of sp³-hybridized carbons (Fsp3) is 0.0500. The molecule has 31 heavy (non-hydrogen) atoms. The first-order valence-corrected chi connectivity index (χ1v) is 8.61. The maximum absolute atomic E-state index is 12.7. The van der Waals surface area contributed by atoms with Crippen molar-refractivity contribution in [2.75, 3.05) is 5.43 Å². The maximum atomic E-state index is 12.7. The zero-order valence-electron chi connectivity index (χ0n) is 15.5. The zero-order chi connectivity index (χ0) is 22.4. The number of nitro benzene ring substituents is 1. The Balaban J connectivity index is 1.66. The first-order valence-electron chi connectivity index (χ1n) is 8.61. The van der Waals surface area contributed by atoms with Gasteiger partial charge in [0, 0.05) is 18.5 Å². The number of nitrogens with zero attached hydrogens (tertiary/aromatic N) is 3. The summed E-state index contributed by atoms with van der Waals surface area (Å²) in [7, 11) is 0.